The lowest BCUT2D eigenvalue weighted by atomic mass is 10.0. The first-order valence-electron chi connectivity index (χ1n) is 5.61. The first kappa shape index (κ1) is 12.6. The molecule has 0 bridgehead atoms. The molecule has 1 rings (SSSR count). The number of nitrogen functional groups attached to an aromatic ring is 1. The number of benzene rings is 1. The third-order valence-corrected chi connectivity index (χ3v) is 3.15. The van der Waals surface area contributed by atoms with Gasteiger partial charge in [-0.3, -0.25) is 5.41 Å². The Morgan fingerprint density at radius 2 is 1.81 bits per heavy atom. The van der Waals surface area contributed by atoms with Crippen LogP contribution in [-0.4, -0.2) is 18.9 Å². The van der Waals surface area contributed by atoms with Crippen molar-refractivity contribution in [3.8, 4) is 0 Å². The van der Waals surface area contributed by atoms with Gasteiger partial charge < -0.3 is 10.6 Å². The Labute approximate surface area is 97.8 Å². The molecule has 3 heteroatoms. The molecule has 1 aromatic carbocycles. The molecule has 3 N–H and O–H groups in total. The molecule has 0 fully saturated rings. The molecule has 1 unspecified atom stereocenters. The van der Waals surface area contributed by atoms with E-state index in [2.05, 4.69) is 25.7 Å². The highest BCUT2D eigenvalue weighted by atomic mass is 15.1. The van der Waals surface area contributed by atoms with E-state index in [1.807, 2.05) is 31.3 Å². The lowest BCUT2D eigenvalue weighted by Gasteiger charge is -2.31. The van der Waals surface area contributed by atoms with Crippen molar-refractivity contribution in [2.45, 2.75) is 26.8 Å². The zero-order chi connectivity index (χ0) is 12.3. The summed E-state index contributed by atoms with van der Waals surface area (Å²) < 4.78 is 0. The molecule has 0 spiro atoms. The van der Waals surface area contributed by atoms with E-state index in [9.17, 15) is 0 Å². The van der Waals surface area contributed by atoms with Crippen LogP contribution in [0.5, 0.6) is 0 Å². The van der Waals surface area contributed by atoms with Crippen molar-refractivity contribution in [1.29, 1.82) is 5.41 Å². The van der Waals surface area contributed by atoms with Crippen LogP contribution in [0.2, 0.25) is 0 Å². The van der Waals surface area contributed by atoms with E-state index >= 15 is 0 Å². The molecule has 88 valence electrons. The van der Waals surface area contributed by atoms with E-state index in [1.165, 1.54) is 0 Å². The van der Waals surface area contributed by atoms with E-state index < -0.39 is 0 Å². The molecule has 1 aromatic rings. The Morgan fingerprint density at radius 3 is 2.31 bits per heavy atom. The molecule has 0 heterocycles. The normalized spacial score (nSPS) is 12.6. The van der Waals surface area contributed by atoms with E-state index in [0.717, 1.165) is 11.3 Å². The zero-order valence-electron chi connectivity index (χ0n) is 10.5. The second kappa shape index (κ2) is 5.01. The van der Waals surface area contributed by atoms with Gasteiger partial charge in [-0.15, -0.1) is 0 Å². The minimum atomic E-state index is 0.124. The van der Waals surface area contributed by atoms with Crippen molar-refractivity contribution < 1.29 is 0 Å². The number of anilines is 1. The van der Waals surface area contributed by atoms with Crippen molar-refractivity contribution in [2.75, 3.05) is 11.9 Å². The van der Waals surface area contributed by atoms with E-state index in [-0.39, 0.29) is 5.84 Å². The second-order valence-corrected chi connectivity index (χ2v) is 4.53. The van der Waals surface area contributed by atoms with Gasteiger partial charge in [0.05, 0.1) is 0 Å². The van der Waals surface area contributed by atoms with Gasteiger partial charge >= 0.3 is 0 Å². The minimum Gasteiger partial charge on any atom is -0.384 e. The SMILES string of the molecule is CC(C)C(C)N(C)c1ccccc1C(=N)N. The average Bonchev–Trinajstić information content (AvgIpc) is 2.26. The van der Waals surface area contributed by atoms with Crippen molar-refractivity contribution >= 4 is 11.5 Å². The van der Waals surface area contributed by atoms with Crippen LogP contribution in [0.15, 0.2) is 24.3 Å². The minimum absolute atomic E-state index is 0.124. The number of nitrogens with zero attached hydrogens (tertiary/aromatic N) is 1. The maximum atomic E-state index is 7.57. The highest BCUT2D eigenvalue weighted by Crippen LogP contribution is 2.23. The van der Waals surface area contributed by atoms with Crippen molar-refractivity contribution in [1.82, 2.24) is 0 Å². The molecule has 0 aromatic heterocycles. The number of hydrogen-bond donors (Lipinski definition) is 2. The Bertz CT molecular complexity index is 371. The Morgan fingerprint density at radius 1 is 1.25 bits per heavy atom. The van der Waals surface area contributed by atoms with Crippen LogP contribution >= 0.6 is 0 Å². The summed E-state index contributed by atoms with van der Waals surface area (Å²) >= 11 is 0. The fraction of sp³-hybridized carbons (Fsp3) is 0.462. The van der Waals surface area contributed by atoms with Gasteiger partial charge in [-0.25, -0.2) is 0 Å². The van der Waals surface area contributed by atoms with Crippen LogP contribution < -0.4 is 10.6 Å². The van der Waals surface area contributed by atoms with Gasteiger partial charge in [0.2, 0.25) is 0 Å². The smallest absolute Gasteiger partial charge is 0.124 e. The van der Waals surface area contributed by atoms with Crippen LogP contribution in [0.4, 0.5) is 5.69 Å². The van der Waals surface area contributed by atoms with Gasteiger partial charge in [-0.1, -0.05) is 26.0 Å². The molecule has 0 aliphatic heterocycles. The van der Waals surface area contributed by atoms with Crippen LogP contribution in [-0.2, 0) is 0 Å². The summed E-state index contributed by atoms with van der Waals surface area (Å²) in [4.78, 5) is 2.18. The molecule has 0 radical (unpaired) electrons. The first-order valence-corrected chi connectivity index (χ1v) is 5.61. The maximum absolute atomic E-state index is 7.57. The summed E-state index contributed by atoms with van der Waals surface area (Å²) in [6, 6.07) is 8.21. The number of nitrogens with two attached hydrogens (primary N) is 1. The predicted molar refractivity (Wildman–Crippen MR) is 70.2 cm³/mol. The predicted octanol–water partition coefficient (Wildman–Crippen LogP) is 2.45. The number of nitrogens with one attached hydrogen (secondary N) is 1. The Kier molecular flexibility index (Phi) is 3.93. The fourth-order valence-electron chi connectivity index (χ4n) is 1.68. The summed E-state index contributed by atoms with van der Waals surface area (Å²) in [6.07, 6.45) is 0. The number of para-hydroxylation sites is 1. The van der Waals surface area contributed by atoms with Gasteiger partial charge in [0.25, 0.3) is 0 Å². The number of hydrogen-bond acceptors (Lipinski definition) is 2. The molecule has 3 nitrogen and oxygen atoms in total. The lowest BCUT2D eigenvalue weighted by Crippen LogP contribution is -2.34. The van der Waals surface area contributed by atoms with Crippen LogP contribution in [0.25, 0.3) is 0 Å². The molecule has 0 aliphatic carbocycles. The van der Waals surface area contributed by atoms with Gasteiger partial charge in [0.15, 0.2) is 0 Å². The third-order valence-electron chi connectivity index (χ3n) is 3.15. The second-order valence-electron chi connectivity index (χ2n) is 4.53. The summed E-state index contributed by atoms with van der Waals surface area (Å²) in [7, 11) is 2.05. The highest BCUT2D eigenvalue weighted by Gasteiger charge is 2.16. The topological polar surface area (TPSA) is 53.1 Å². The Balaban J connectivity index is 3.08. The summed E-state index contributed by atoms with van der Waals surface area (Å²) in [5.41, 5.74) is 7.41. The van der Waals surface area contributed by atoms with Crippen LogP contribution in [0.1, 0.15) is 26.3 Å². The maximum Gasteiger partial charge on any atom is 0.124 e. The molecular weight excluding hydrogens is 198 g/mol. The fourth-order valence-corrected chi connectivity index (χ4v) is 1.68. The van der Waals surface area contributed by atoms with E-state index in [1.54, 1.807) is 0 Å². The number of rotatable bonds is 4. The molecular formula is C13H21N3. The Hall–Kier alpha value is -1.51. The third kappa shape index (κ3) is 2.54. The standard InChI is InChI=1S/C13H21N3/c1-9(2)10(3)16(4)12-8-6-5-7-11(12)13(14)15/h5-10H,1-4H3,(H3,14,15). The molecule has 0 saturated heterocycles. The average molecular weight is 219 g/mol. The first-order chi connectivity index (χ1) is 7.45. The van der Waals surface area contributed by atoms with Crippen LogP contribution in [0, 0.1) is 11.3 Å². The van der Waals surface area contributed by atoms with Crippen molar-refractivity contribution in [3.05, 3.63) is 29.8 Å². The highest BCUT2D eigenvalue weighted by molar-refractivity contribution is 6.00. The van der Waals surface area contributed by atoms with E-state index in [4.69, 9.17) is 11.1 Å². The summed E-state index contributed by atoms with van der Waals surface area (Å²) in [6.45, 7) is 6.57. The van der Waals surface area contributed by atoms with Crippen molar-refractivity contribution in [2.24, 2.45) is 11.7 Å². The number of amidine groups is 1. The lowest BCUT2D eigenvalue weighted by molar-refractivity contribution is 0.505. The molecule has 1 atom stereocenters. The quantitative estimate of drug-likeness (QED) is 0.603. The molecule has 0 amide bonds. The van der Waals surface area contributed by atoms with E-state index in [0.29, 0.717) is 12.0 Å². The van der Waals surface area contributed by atoms with Gasteiger partial charge in [0, 0.05) is 24.3 Å². The monoisotopic (exact) mass is 219 g/mol. The van der Waals surface area contributed by atoms with Crippen molar-refractivity contribution in [3.63, 3.8) is 0 Å². The summed E-state index contributed by atoms with van der Waals surface area (Å²) in [5, 5.41) is 7.57. The largest absolute Gasteiger partial charge is 0.384 e. The van der Waals surface area contributed by atoms with Crippen LogP contribution in [0.3, 0.4) is 0 Å². The molecule has 16 heavy (non-hydrogen) atoms. The van der Waals surface area contributed by atoms with Gasteiger partial charge in [-0.05, 0) is 25.0 Å². The van der Waals surface area contributed by atoms with Gasteiger partial charge in [-0.2, -0.15) is 0 Å². The molecule has 0 saturated carbocycles. The molecule has 0 aliphatic rings. The zero-order valence-corrected chi connectivity index (χ0v) is 10.5. The summed E-state index contributed by atoms with van der Waals surface area (Å²) in [5.74, 6) is 0.684. The van der Waals surface area contributed by atoms with Gasteiger partial charge in [0.1, 0.15) is 5.84 Å².